The van der Waals surface area contributed by atoms with Crippen LogP contribution in [0, 0.1) is 57.2 Å². The van der Waals surface area contributed by atoms with Crippen molar-refractivity contribution < 1.29 is 68.9 Å². The number of hydrogen-bond donors (Lipinski definition) is 6. The molecule has 0 radical (unpaired) electrons. The Kier molecular flexibility index (Phi) is 13.8. The summed E-state index contributed by atoms with van der Waals surface area (Å²) in [6.45, 7) is 5.62. The molecule has 8 aliphatic carbocycles. The first kappa shape index (κ1) is 49.8. The molecule has 0 aromatic rings. The number of carbonyl (C=O) groups excluding carboxylic acids is 6. The first-order valence-electron chi connectivity index (χ1n) is 21.6. The second-order valence-electron chi connectivity index (χ2n) is 20.0. The van der Waals surface area contributed by atoms with Gasteiger partial charge in [0, 0.05) is 34.8 Å². The molecule has 14 atom stereocenters. The Morgan fingerprint density at radius 1 is 0.613 bits per heavy atom. The number of aliphatic hydroxyl groups is 6. The van der Waals surface area contributed by atoms with Crippen LogP contribution < -0.4 is 0 Å². The van der Waals surface area contributed by atoms with E-state index in [1.165, 1.54) is 24.3 Å². The first-order chi connectivity index (χ1) is 28.1. The van der Waals surface area contributed by atoms with Gasteiger partial charge in [-0.1, -0.05) is 25.0 Å². The van der Waals surface area contributed by atoms with Gasteiger partial charge in [-0.2, -0.15) is 0 Å². The molecule has 0 aromatic heterocycles. The summed E-state index contributed by atoms with van der Waals surface area (Å²) >= 11 is 0. The topological polar surface area (TPSA) is 242 Å². The molecule has 330 valence electrons. The summed E-state index contributed by atoms with van der Waals surface area (Å²) in [5, 5.41) is 66.4. The van der Waals surface area contributed by atoms with Gasteiger partial charge in [-0.3, -0.25) is 28.8 Å². The fourth-order valence-corrected chi connectivity index (χ4v) is 14.8. The third-order valence-electron chi connectivity index (χ3n) is 17.8. The van der Waals surface area contributed by atoms with Crippen molar-refractivity contribution in [3.8, 4) is 0 Å². The Hall–Kier alpha value is -1.66. The molecule has 8 aliphatic rings. The number of ether oxygens (including phenoxy) is 2. The van der Waals surface area contributed by atoms with Crippen LogP contribution in [-0.2, 0) is 38.2 Å². The second kappa shape index (κ2) is 17.2. The van der Waals surface area contributed by atoms with Gasteiger partial charge < -0.3 is 40.1 Å². The van der Waals surface area contributed by atoms with Crippen molar-refractivity contribution in [1.29, 1.82) is 0 Å². The number of allylic oxidation sites excluding steroid dienone is 6. The van der Waals surface area contributed by atoms with Gasteiger partial charge >= 0.3 is 71.1 Å². The van der Waals surface area contributed by atoms with Crippen LogP contribution in [-0.4, -0.2) is 161 Å². The molecule has 0 amide bonds. The van der Waals surface area contributed by atoms with Crippen molar-refractivity contribution in [3.63, 3.8) is 0 Å². The van der Waals surface area contributed by atoms with Gasteiger partial charge in [-0.05, 0) is 114 Å². The molecule has 0 aromatic carbocycles. The van der Waals surface area contributed by atoms with Crippen LogP contribution in [0.25, 0.3) is 0 Å². The Balaban J connectivity index is 0.00000321. The SMILES string of the molecule is C[C@@]12C(=CC(=O)C=C1OC(=O)CCC(=O)OC1=CC(=O)C=C3CC[C@@H]4[C@H]([C@@H](O)C[C@@]5(C)[C@H]4CC[C@]5(O)C(=O)CO)[C@]31C)CC[C@@H]1[C@@H]2[C@@H](O)C[C@@]2(C)[C@H]1CC[C@]2(O)C(=O)CO.[NaH].[NaH]. The van der Waals surface area contributed by atoms with Crippen molar-refractivity contribution in [2.45, 2.75) is 128 Å². The van der Waals surface area contributed by atoms with Crippen LogP contribution in [0.3, 0.4) is 0 Å². The monoisotopic (exact) mass is 882 g/mol. The van der Waals surface area contributed by atoms with Crippen molar-refractivity contribution in [1.82, 2.24) is 0 Å². The number of fused-ring (bicyclic) bond motifs is 10. The first-order valence-corrected chi connectivity index (χ1v) is 21.6. The number of aliphatic hydroxyl groups excluding tert-OH is 4. The molecule has 0 bridgehead atoms. The molecule has 8 rings (SSSR count). The van der Waals surface area contributed by atoms with Crippen molar-refractivity contribution in [3.05, 3.63) is 47.0 Å². The minimum atomic E-state index is -1.80. The molecule has 16 heteroatoms. The standard InChI is InChI=1S/C46H58O14.2Na.2H/c1-41-19-31(51)39-27(29(41)11-13-45(41,57)33(53)21-47)7-5-23-15-25(49)17-35(43(23,39)3)59-37(55)9-10-38(56)60-36-18-26(50)16-24-6-8-28-30-12-14-46(58,34(54)22-48)42(30,2)20-32(52)40(28)44(24,36)4;;;;/h15-18,27-32,39-40,47-48,51-52,57-58H,5-14,19-22H2,1-4H3;;;;/t27-,28-,29-,30-,31-,32-,39+,40+,41-,42-,43+,44+,45-,46-;;;;/m0..../s1. The molecule has 62 heavy (non-hydrogen) atoms. The van der Waals surface area contributed by atoms with E-state index in [4.69, 9.17) is 9.47 Å². The maximum atomic E-state index is 13.6. The minimum absolute atomic E-state index is 0. The average Bonchev–Trinajstić information content (AvgIpc) is 3.62. The van der Waals surface area contributed by atoms with Gasteiger partial charge in [-0.25, -0.2) is 0 Å². The molecule has 6 N–H and O–H groups in total. The summed E-state index contributed by atoms with van der Waals surface area (Å²) in [7, 11) is 0. The fourth-order valence-electron chi connectivity index (χ4n) is 14.8. The summed E-state index contributed by atoms with van der Waals surface area (Å²) in [5.41, 5.74) is -6.37. The second-order valence-corrected chi connectivity index (χ2v) is 20.0. The molecule has 0 aliphatic heterocycles. The van der Waals surface area contributed by atoms with Crippen LogP contribution in [0.4, 0.5) is 0 Å². The van der Waals surface area contributed by atoms with Gasteiger partial charge in [0.1, 0.15) is 35.9 Å². The van der Waals surface area contributed by atoms with Crippen LogP contribution in [0.15, 0.2) is 47.0 Å². The molecular formula is C46H60Na2O14. The van der Waals surface area contributed by atoms with Crippen LogP contribution >= 0.6 is 0 Å². The predicted molar refractivity (Wildman–Crippen MR) is 224 cm³/mol. The van der Waals surface area contributed by atoms with E-state index < -0.39 is 106 Å². The Labute approximate surface area is 405 Å². The summed E-state index contributed by atoms with van der Waals surface area (Å²) in [6.07, 6.45) is 5.96. The van der Waals surface area contributed by atoms with E-state index in [1.807, 2.05) is 13.8 Å². The number of carbonyl (C=O) groups is 6. The molecule has 14 nitrogen and oxygen atoms in total. The van der Waals surface area contributed by atoms with Gasteiger partial charge in [0.05, 0.1) is 35.9 Å². The van der Waals surface area contributed by atoms with Gasteiger partial charge in [-0.15, -0.1) is 0 Å². The quantitative estimate of drug-likeness (QED) is 0.142. The molecular weight excluding hydrogens is 822 g/mol. The summed E-state index contributed by atoms with van der Waals surface area (Å²) < 4.78 is 11.9. The number of esters is 2. The van der Waals surface area contributed by atoms with E-state index in [0.29, 0.717) is 49.7 Å². The van der Waals surface area contributed by atoms with Crippen molar-refractivity contribution >= 4 is 94.2 Å². The molecule has 6 fully saturated rings. The summed E-state index contributed by atoms with van der Waals surface area (Å²) in [6, 6.07) is 0. The zero-order chi connectivity index (χ0) is 43.5. The third kappa shape index (κ3) is 7.02. The number of ketones is 4. The summed E-state index contributed by atoms with van der Waals surface area (Å²) in [5.74, 6) is -5.51. The van der Waals surface area contributed by atoms with E-state index >= 15 is 0 Å². The normalized spacial score (nSPS) is 43.8. The van der Waals surface area contributed by atoms with E-state index in [0.717, 1.165) is 0 Å². The Morgan fingerprint density at radius 2 is 0.968 bits per heavy atom. The molecule has 0 spiro atoms. The molecule has 6 saturated carbocycles. The zero-order valence-corrected chi connectivity index (χ0v) is 34.8. The molecule has 0 heterocycles. The van der Waals surface area contributed by atoms with Crippen LogP contribution in [0.1, 0.15) is 105 Å². The third-order valence-corrected chi connectivity index (χ3v) is 17.8. The summed E-state index contributed by atoms with van der Waals surface area (Å²) in [4.78, 5) is 78.9. The fraction of sp³-hybridized carbons (Fsp3) is 0.696. The average molecular weight is 883 g/mol. The number of hydrogen-bond acceptors (Lipinski definition) is 14. The zero-order valence-electron chi connectivity index (χ0n) is 34.8. The van der Waals surface area contributed by atoms with Crippen LogP contribution in [0.2, 0.25) is 0 Å². The molecule has 0 unspecified atom stereocenters. The van der Waals surface area contributed by atoms with Gasteiger partial charge in [0.25, 0.3) is 0 Å². The maximum absolute atomic E-state index is 13.6. The van der Waals surface area contributed by atoms with Crippen molar-refractivity contribution in [2.75, 3.05) is 13.2 Å². The van der Waals surface area contributed by atoms with Crippen LogP contribution in [0.5, 0.6) is 0 Å². The Morgan fingerprint density at radius 3 is 1.31 bits per heavy atom. The van der Waals surface area contributed by atoms with E-state index in [9.17, 15) is 59.4 Å². The van der Waals surface area contributed by atoms with Gasteiger partial charge in [0.15, 0.2) is 23.1 Å². The Bertz CT molecular complexity index is 1930. The van der Waals surface area contributed by atoms with E-state index in [1.54, 1.807) is 13.8 Å². The van der Waals surface area contributed by atoms with Gasteiger partial charge in [0.2, 0.25) is 0 Å². The van der Waals surface area contributed by atoms with Crippen molar-refractivity contribution in [2.24, 2.45) is 57.2 Å². The predicted octanol–water partition coefficient (Wildman–Crippen LogP) is 1.35. The number of Topliss-reactive ketones (excluding diaryl/α,β-unsaturated/α-hetero) is 2. The van der Waals surface area contributed by atoms with E-state index in [-0.39, 0.29) is 132 Å². The number of rotatable bonds is 9. The molecule has 0 saturated heterocycles. The van der Waals surface area contributed by atoms with E-state index in [2.05, 4.69) is 0 Å².